The molecule has 0 aromatic heterocycles. The highest BCUT2D eigenvalue weighted by Gasteiger charge is 2.07. The third kappa shape index (κ3) is 3.69. The Labute approximate surface area is 94.6 Å². The quantitative estimate of drug-likeness (QED) is 0.767. The Morgan fingerprint density at radius 3 is 2.69 bits per heavy atom. The first-order valence-electron chi connectivity index (χ1n) is 4.94. The van der Waals surface area contributed by atoms with E-state index in [-0.39, 0.29) is 23.7 Å². The Morgan fingerprint density at radius 1 is 1.44 bits per heavy atom. The van der Waals surface area contributed by atoms with Gasteiger partial charge in [-0.2, -0.15) is 0 Å². The number of nitrogens with two attached hydrogens (primary N) is 1. The van der Waals surface area contributed by atoms with Crippen LogP contribution in [0, 0.1) is 5.82 Å². The molecule has 0 aliphatic carbocycles. The second-order valence-electron chi connectivity index (χ2n) is 3.40. The zero-order valence-corrected chi connectivity index (χ0v) is 9.85. The molecule has 0 unspecified atom stereocenters. The first-order valence-corrected chi connectivity index (χ1v) is 6.76. The molecule has 0 bridgehead atoms. The van der Waals surface area contributed by atoms with Gasteiger partial charge in [-0.15, -0.1) is 0 Å². The smallest absolute Gasteiger partial charge is 0.151 e. The highest BCUT2D eigenvalue weighted by atomic mass is 32.2. The molecule has 0 fully saturated rings. The summed E-state index contributed by atoms with van der Waals surface area (Å²) in [4.78, 5) is 0. The van der Waals surface area contributed by atoms with Crippen molar-refractivity contribution in [2.75, 3.05) is 29.1 Å². The molecule has 0 aliphatic rings. The van der Waals surface area contributed by atoms with Gasteiger partial charge in [-0.25, -0.2) is 12.8 Å². The fourth-order valence-electron chi connectivity index (χ4n) is 1.16. The van der Waals surface area contributed by atoms with Gasteiger partial charge < -0.3 is 11.1 Å². The van der Waals surface area contributed by atoms with Crippen molar-refractivity contribution in [1.29, 1.82) is 0 Å². The van der Waals surface area contributed by atoms with Crippen molar-refractivity contribution in [2.24, 2.45) is 0 Å². The summed E-state index contributed by atoms with van der Waals surface area (Å²) in [5.41, 5.74) is 5.98. The fraction of sp³-hybridized carbons (Fsp3) is 0.400. The summed E-state index contributed by atoms with van der Waals surface area (Å²) in [6.07, 6.45) is 0. The van der Waals surface area contributed by atoms with Gasteiger partial charge >= 0.3 is 0 Å². The van der Waals surface area contributed by atoms with Crippen LogP contribution in [0.15, 0.2) is 18.2 Å². The van der Waals surface area contributed by atoms with Crippen LogP contribution >= 0.6 is 0 Å². The molecule has 0 aliphatic heterocycles. The summed E-state index contributed by atoms with van der Waals surface area (Å²) in [5, 5.41) is 2.72. The summed E-state index contributed by atoms with van der Waals surface area (Å²) < 4.78 is 35.6. The molecule has 0 saturated heterocycles. The third-order valence-corrected chi connectivity index (χ3v) is 3.87. The van der Waals surface area contributed by atoms with Crippen LogP contribution in [0.5, 0.6) is 0 Å². The van der Waals surface area contributed by atoms with Crippen LogP contribution in [0.25, 0.3) is 0 Å². The number of hydrogen-bond acceptors (Lipinski definition) is 4. The Kier molecular flexibility index (Phi) is 4.12. The van der Waals surface area contributed by atoms with Gasteiger partial charge in [-0.3, -0.25) is 0 Å². The summed E-state index contributed by atoms with van der Waals surface area (Å²) in [6.45, 7) is 1.77. The molecule has 0 radical (unpaired) electrons. The van der Waals surface area contributed by atoms with Crippen molar-refractivity contribution < 1.29 is 12.8 Å². The maximum Gasteiger partial charge on any atom is 0.151 e. The zero-order valence-electron chi connectivity index (χ0n) is 9.03. The molecule has 0 heterocycles. The number of nitrogen functional groups attached to an aromatic ring is 1. The molecule has 16 heavy (non-hydrogen) atoms. The number of halogens is 1. The van der Waals surface area contributed by atoms with Gasteiger partial charge in [0.15, 0.2) is 9.84 Å². The summed E-state index contributed by atoms with van der Waals surface area (Å²) in [5.74, 6) is -0.388. The number of nitrogens with one attached hydrogen (secondary N) is 1. The normalized spacial score (nSPS) is 11.4. The van der Waals surface area contributed by atoms with Crippen molar-refractivity contribution in [3.8, 4) is 0 Å². The summed E-state index contributed by atoms with van der Waals surface area (Å²) in [7, 11) is -3.02. The molecule has 1 aromatic rings. The molecular formula is C10H15FN2O2S. The first-order chi connectivity index (χ1) is 7.44. The molecule has 0 atom stereocenters. The van der Waals surface area contributed by atoms with Crippen molar-refractivity contribution in [1.82, 2.24) is 0 Å². The van der Waals surface area contributed by atoms with E-state index in [4.69, 9.17) is 5.73 Å². The van der Waals surface area contributed by atoms with E-state index in [2.05, 4.69) is 5.32 Å². The number of rotatable bonds is 5. The zero-order chi connectivity index (χ0) is 12.2. The Balaban J connectivity index is 2.56. The summed E-state index contributed by atoms with van der Waals surface area (Å²) >= 11 is 0. The fourth-order valence-corrected chi connectivity index (χ4v) is 1.86. The molecule has 90 valence electrons. The van der Waals surface area contributed by atoms with E-state index in [1.165, 1.54) is 12.1 Å². The lowest BCUT2D eigenvalue weighted by molar-refractivity contribution is 0.597. The predicted octanol–water partition coefficient (Wildman–Crippen LogP) is 1.25. The second kappa shape index (κ2) is 5.16. The Bertz CT molecular complexity index is 460. The van der Waals surface area contributed by atoms with E-state index in [0.717, 1.165) is 0 Å². The van der Waals surface area contributed by atoms with E-state index < -0.39 is 15.7 Å². The van der Waals surface area contributed by atoms with Crippen molar-refractivity contribution >= 4 is 21.2 Å². The average molecular weight is 246 g/mol. The number of sulfone groups is 1. The standard InChI is InChI=1S/C10H15FN2O2S/c1-2-16(14,15)6-5-13-10-4-3-8(12)7-9(10)11/h3-4,7,13H,2,5-6,12H2,1H3. The van der Waals surface area contributed by atoms with E-state index in [1.807, 2.05) is 0 Å². The number of anilines is 2. The van der Waals surface area contributed by atoms with Crippen molar-refractivity contribution in [3.05, 3.63) is 24.0 Å². The SMILES string of the molecule is CCS(=O)(=O)CCNc1ccc(N)cc1F. The molecule has 6 heteroatoms. The molecule has 0 amide bonds. The van der Waals surface area contributed by atoms with Gasteiger partial charge in [0, 0.05) is 18.0 Å². The largest absolute Gasteiger partial charge is 0.399 e. The molecule has 1 rings (SSSR count). The Hall–Kier alpha value is -1.30. The minimum atomic E-state index is -3.02. The molecular weight excluding hydrogens is 231 g/mol. The predicted molar refractivity (Wildman–Crippen MR) is 63.6 cm³/mol. The lowest BCUT2D eigenvalue weighted by Gasteiger charge is -2.07. The highest BCUT2D eigenvalue weighted by Crippen LogP contribution is 2.16. The number of benzene rings is 1. The van der Waals surface area contributed by atoms with Crippen LogP contribution in [0.2, 0.25) is 0 Å². The lowest BCUT2D eigenvalue weighted by atomic mass is 10.2. The highest BCUT2D eigenvalue weighted by molar-refractivity contribution is 7.91. The second-order valence-corrected chi connectivity index (χ2v) is 5.88. The maximum atomic E-state index is 13.3. The van der Waals surface area contributed by atoms with E-state index >= 15 is 0 Å². The third-order valence-electron chi connectivity index (χ3n) is 2.16. The first kappa shape index (κ1) is 12.8. The molecule has 0 saturated carbocycles. The average Bonchev–Trinajstić information content (AvgIpc) is 2.21. The Morgan fingerprint density at radius 2 is 2.12 bits per heavy atom. The summed E-state index contributed by atoms with van der Waals surface area (Å²) in [6, 6.07) is 4.24. The van der Waals surface area contributed by atoms with Crippen LogP contribution in [0.3, 0.4) is 0 Å². The van der Waals surface area contributed by atoms with Gasteiger partial charge in [0.2, 0.25) is 0 Å². The van der Waals surface area contributed by atoms with Gasteiger partial charge in [0.25, 0.3) is 0 Å². The number of hydrogen-bond donors (Lipinski definition) is 2. The van der Waals surface area contributed by atoms with Crippen molar-refractivity contribution in [2.45, 2.75) is 6.92 Å². The van der Waals surface area contributed by atoms with E-state index in [0.29, 0.717) is 5.69 Å². The van der Waals surface area contributed by atoms with Crippen LogP contribution in [0.1, 0.15) is 6.92 Å². The minimum absolute atomic E-state index is 0.00663. The van der Waals surface area contributed by atoms with Gasteiger partial charge in [-0.1, -0.05) is 6.92 Å². The van der Waals surface area contributed by atoms with Crippen molar-refractivity contribution in [3.63, 3.8) is 0 Å². The van der Waals surface area contributed by atoms with Gasteiger partial charge in [-0.05, 0) is 18.2 Å². The van der Waals surface area contributed by atoms with Crippen LogP contribution in [-0.2, 0) is 9.84 Å². The van der Waals surface area contributed by atoms with E-state index in [1.54, 1.807) is 13.0 Å². The topological polar surface area (TPSA) is 72.2 Å². The molecule has 0 spiro atoms. The van der Waals surface area contributed by atoms with Crippen LogP contribution < -0.4 is 11.1 Å². The molecule has 3 N–H and O–H groups in total. The van der Waals surface area contributed by atoms with Crippen LogP contribution in [0.4, 0.5) is 15.8 Å². The van der Waals surface area contributed by atoms with Crippen LogP contribution in [-0.4, -0.2) is 26.5 Å². The minimum Gasteiger partial charge on any atom is -0.399 e. The lowest BCUT2D eigenvalue weighted by Crippen LogP contribution is -2.17. The maximum absolute atomic E-state index is 13.3. The van der Waals surface area contributed by atoms with E-state index in [9.17, 15) is 12.8 Å². The molecule has 4 nitrogen and oxygen atoms in total. The molecule has 1 aromatic carbocycles. The van der Waals surface area contributed by atoms with Gasteiger partial charge in [0.1, 0.15) is 5.82 Å². The van der Waals surface area contributed by atoms with Gasteiger partial charge in [0.05, 0.1) is 11.4 Å². The monoisotopic (exact) mass is 246 g/mol.